The van der Waals surface area contributed by atoms with Crippen LogP contribution in [0.15, 0.2) is 42.6 Å². The van der Waals surface area contributed by atoms with Crippen LogP contribution in [-0.4, -0.2) is 53.5 Å². The third-order valence-electron chi connectivity index (χ3n) is 4.28. The summed E-state index contributed by atoms with van der Waals surface area (Å²) in [5, 5.41) is 10.7. The molecule has 3 rings (SSSR count). The lowest BCUT2D eigenvalue weighted by Crippen LogP contribution is -2.48. The minimum absolute atomic E-state index is 0.0718. The second-order valence-corrected chi connectivity index (χ2v) is 5.84. The Hall–Kier alpha value is -3.16. The number of nitro groups is 1. The lowest BCUT2D eigenvalue weighted by molar-refractivity contribution is -0.384. The third-order valence-corrected chi connectivity index (χ3v) is 4.28. The quantitative estimate of drug-likeness (QED) is 0.603. The number of anilines is 1. The number of nitro benzene ring substituents is 1. The van der Waals surface area contributed by atoms with Crippen molar-refractivity contribution in [1.82, 2.24) is 9.88 Å². The van der Waals surface area contributed by atoms with Crippen molar-refractivity contribution in [3.8, 4) is 5.88 Å². The molecule has 2 aromatic rings. The largest absolute Gasteiger partial charge is 0.477 e. The number of ether oxygens (including phenoxy) is 1. The van der Waals surface area contributed by atoms with Crippen molar-refractivity contribution in [2.24, 2.45) is 0 Å². The lowest BCUT2D eigenvalue weighted by atomic mass is 10.2. The zero-order valence-electron chi connectivity index (χ0n) is 14.5. The summed E-state index contributed by atoms with van der Waals surface area (Å²) < 4.78 is 5.45. The normalized spacial score (nSPS) is 14.2. The minimum atomic E-state index is -0.412. The van der Waals surface area contributed by atoms with Gasteiger partial charge in [0.05, 0.1) is 11.5 Å². The average molecular weight is 356 g/mol. The number of rotatable bonds is 5. The van der Waals surface area contributed by atoms with E-state index >= 15 is 0 Å². The Balaban J connectivity index is 1.65. The van der Waals surface area contributed by atoms with Crippen LogP contribution in [0, 0.1) is 10.1 Å². The van der Waals surface area contributed by atoms with Crippen molar-refractivity contribution in [3.05, 3.63) is 58.3 Å². The van der Waals surface area contributed by atoms with Crippen LogP contribution in [0.1, 0.15) is 17.3 Å². The molecule has 0 N–H and O–H groups in total. The van der Waals surface area contributed by atoms with Gasteiger partial charge < -0.3 is 14.5 Å². The van der Waals surface area contributed by atoms with E-state index < -0.39 is 4.92 Å². The number of aromatic nitrogens is 1. The fourth-order valence-corrected chi connectivity index (χ4v) is 2.93. The zero-order chi connectivity index (χ0) is 18.5. The lowest BCUT2D eigenvalue weighted by Gasteiger charge is -2.36. The topological polar surface area (TPSA) is 88.8 Å². The van der Waals surface area contributed by atoms with Crippen molar-refractivity contribution in [1.29, 1.82) is 0 Å². The molecule has 0 aliphatic carbocycles. The highest BCUT2D eigenvalue weighted by Crippen LogP contribution is 2.22. The summed E-state index contributed by atoms with van der Waals surface area (Å²) in [7, 11) is 0. The van der Waals surface area contributed by atoms with Crippen LogP contribution in [0.4, 0.5) is 11.4 Å². The number of hydrogen-bond acceptors (Lipinski definition) is 6. The van der Waals surface area contributed by atoms with Gasteiger partial charge >= 0.3 is 0 Å². The van der Waals surface area contributed by atoms with Crippen LogP contribution in [-0.2, 0) is 0 Å². The van der Waals surface area contributed by atoms with Gasteiger partial charge in [0.25, 0.3) is 11.6 Å². The number of carbonyl (C=O) groups excluding carboxylic acids is 1. The molecule has 0 saturated carbocycles. The molecule has 1 fully saturated rings. The molecule has 1 amide bonds. The summed E-state index contributed by atoms with van der Waals surface area (Å²) in [6, 6.07) is 9.92. The van der Waals surface area contributed by atoms with Gasteiger partial charge in [0.15, 0.2) is 0 Å². The van der Waals surface area contributed by atoms with Gasteiger partial charge in [-0.3, -0.25) is 14.9 Å². The van der Waals surface area contributed by atoms with Crippen molar-refractivity contribution < 1.29 is 14.5 Å². The predicted octanol–water partition coefficient (Wildman–Crippen LogP) is 2.35. The molecule has 8 nitrogen and oxygen atoms in total. The number of carbonyl (C=O) groups is 1. The number of pyridine rings is 1. The molecule has 26 heavy (non-hydrogen) atoms. The summed E-state index contributed by atoms with van der Waals surface area (Å²) in [4.78, 5) is 31.1. The maximum Gasteiger partial charge on any atom is 0.269 e. The van der Waals surface area contributed by atoms with Gasteiger partial charge in [0.1, 0.15) is 5.56 Å². The highest BCUT2D eigenvalue weighted by molar-refractivity contribution is 5.96. The Morgan fingerprint density at radius 2 is 1.88 bits per heavy atom. The zero-order valence-corrected chi connectivity index (χ0v) is 14.5. The van der Waals surface area contributed by atoms with Gasteiger partial charge in [-0.15, -0.1) is 0 Å². The Labute approximate surface area is 151 Å². The van der Waals surface area contributed by atoms with E-state index in [0.29, 0.717) is 44.2 Å². The average Bonchev–Trinajstić information content (AvgIpc) is 2.68. The van der Waals surface area contributed by atoms with E-state index in [4.69, 9.17) is 4.74 Å². The first-order valence-electron chi connectivity index (χ1n) is 8.46. The van der Waals surface area contributed by atoms with Crippen LogP contribution in [0.3, 0.4) is 0 Å². The van der Waals surface area contributed by atoms with E-state index in [0.717, 1.165) is 5.69 Å². The van der Waals surface area contributed by atoms with E-state index in [1.165, 1.54) is 12.1 Å². The maximum atomic E-state index is 12.8. The molecule has 136 valence electrons. The molecule has 0 bridgehead atoms. The third kappa shape index (κ3) is 3.74. The van der Waals surface area contributed by atoms with Gasteiger partial charge in [0.2, 0.25) is 5.88 Å². The molecule has 0 spiro atoms. The number of nitrogens with zero attached hydrogens (tertiary/aromatic N) is 4. The predicted molar refractivity (Wildman–Crippen MR) is 96.6 cm³/mol. The van der Waals surface area contributed by atoms with Crippen LogP contribution in [0.2, 0.25) is 0 Å². The molecule has 1 aliphatic heterocycles. The van der Waals surface area contributed by atoms with Gasteiger partial charge in [-0.25, -0.2) is 4.98 Å². The highest BCUT2D eigenvalue weighted by Gasteiger charge is 2.25. The summed E-state index contributed by atoms with van der Waals surface area (Å²) in [5.41, 5.74) is 1.46. The fraction of sp³-hybridized carbons (Fsp3) is 0.333. The Bertz CT molecular complexity index is 786. The first-order valence-corrected chi connectivity index (χ1v) is 8.46. The van der Waals surface area contributed by atoms with Gasteiger partial charge in [0, 0.05) is 50.2 Å². The van der Waals surface area contributed by atoms with Crippen molar-refractivity contribution in [2.75, 3.05) is 37.7 Å². The van der Waals surface area contributed by atoms with Gasteiger partial charge in [-0.2, -0.15) is 0 Å². The van der Waals surface area contributed by atoms with E-state index in [1.807, 2.05) is 6.92 Å². The van der Waals surface area contributed by atoms with Crippen LogP contribution >= 0.6 is 0 Å². The molecule has 1 aliphatic rings. The second-order valence-electron chi connectivity index (χ2n) is 5.84. The smallest absolute Gasteiger partial charge is 0.269 e. The molecule has 1 aromatic carbocycles. The van der Waals surface area contributed by atoms with Crippen LogP contribution < -0.4 is 9.64 Å². The molecule has 0 atom stereocenters. The number of amides is 1. The first kappa shape index (κ1) is 17.7. The molecule has 1 aromatic heterocycles. The second kappa shape index (κ2) is 7.81. The first-order chi connectivity index (χ1) is 12.6. The number of piperazine rings is 1. The summed E-state index contributed by atoms with van der Waals surface area (Å²) in [6.07, 6.45) is 1.61. The molecule has 0 unspecified atom stereocenters. The van der Waals surface area contributed by atoms with Crippen molar-refractivity contribution in [2.45, 2.75) is 6.92 Å². The molecule has 1 saturated heterocycles. The summed E-state index contributed by atoms with van der Waals surface area (Å²) in [6.45, 7) is 4.76. The number of non-ortho nitro benzene ring substituents is 1. The van der Waals surface area contributed by atoms with Crippen molar-refractivity contribution in [3.63, 3.8) is 0 Å². The van der Waals surface area contributed by atoms with Gasteiger partial charge in [-0.1, -0.05) is 0 Å². The molecular weight excluding hydrogens is 336 g/mol. The minimum Gasteiger partial charge on any atom is -0.477 e. The summed E-state index contributed by atoms with van der Waals surface area (Å²) in [5.74, 6) is 0.266. The SMILES string of the molecule is CCOc1ncccc1C(=O)N1CCN(c2ccc([N+](=O)[O-])cc2)CC1. The van der Waals surface area contributed by atoms with E-state index in [-0.39, 0.29) is 11.6 Å². The molecule has 2 heterocycles. The van der Waals surface area contributed by atoms with E-state index in [9.17, 15) is 14.9 Å². The monoisotopic (exact) mass is 356 g/mol. The van der Waals surface area contributed by atoms with E-state index in [1.54, 1.807) is 35.4 Å². The van der Waals surface area contributed by atoms with E-state index in [2.05, 4.69) is 9.88 Å². The standard InChI is InChI=1S/C18H20N4O4/c1-2-26-17-16(4-3-9-19-17)18(23)21-12-10-20(11-13-21)14-5-7-15(8-6-14)22(24)25/h3-9H,2,10-13H2,1H3. The molecule has 0 radical (unpaired) electrons. The van der Waals surface area contributed by atoms with Crippen LogP contribution in [0.25, 0.3) is 0 Å². The molecule has 8 heteroatoms. The number of hydrogen-bond donors (Lipinski definition) is 0. The number of benzene rings is 1. The molecular formula is C18H20N4O4. The van der Waals surface area contributed by atoms with Gasteiger partial charge in [-0.05, 0) is 31.2 Å². The fourth-order valence-electron chi connectivity index (χ4n) is 2.93. The van der Waals surface area contributed by atoms with Crippen molar-refractivity contribution >= 4 is 17.3 Å². The highest BCUT2D eigenvalue weighted by atomic mass is 16.6. The maximum absolute atomic E-state index is 12.8. The van der Waals surface area contributed by atoms with Crippen LogP contribution in [0.5, 0.6) is 5.88 Å². The Morgan fingerprint density at radius 3 is 2.50 bits per heavy atom. The Morgan fingerprint density at radius 1 is 1.19 bits per heavy atom. The summed E-state index contributed by atoms with van der Waals surface area (Å²) >= 11 is 0. The Kier molecular flexibility index (Phi) is 5.31.